The number of carbonyl (C=O) groups excluding carboxylic acids is 2. The van der Waals surface area contributed by atoms with Crippen molar-refractivity contribution in [1.29, 1.82) is 0 Å². The number of methoxy groups -OCH3 is 1. The first kappa shape index (κ1) is 16.3. The molecule has 0 radical (unpaired) electrons. The van der Waals surface area contributed by atoms with Crippen molar-refractivity contribution in [3.05, 3.63) is 71.3 Å². The molecule has 0 bridgehead atoms. The van der Waals surface area contributed by atoms with Gasteiger partial charge < -0.3 is 4.74 Å². The number of benzene rings is 2. The molecule has 118 valence electrons. The fraction of sp³-hybridized carbons (Fsp3) is 0.111. The molecule has 0 saturated carbocycles. The first-order valence-electron chi connectivity index (χ1n) is 7.08. The molecule has 2 rings (SSSR count). The van der Waals surface area contributed by atoms with Gasteiger partial charge in [0, 0.05) is 17.2 Å². The minimum Gasteiger partial charge on any atom is -0.496 e. The number of carbonyl (C=O) groups is 2. The van der Waals surface area contributed by atoms with Crippen LogP contribution < -0.4 is 15.6 Å². The molecular formula is C18H18N2O3. The first-order valence-corrected chi connectivity index (χ1v) is 7.08. The van der Waals surface area contributed by atoms with Crippen molar-refractivity contribution in [2.75, 3.05) is 7.11 Å². The van der Waals surface area contributed by atoms with E-state index in [2.05, 4.69) is 10.9 Å². The number of nitrogens with one attached hydrogen (secondary N) is 2. The molecule has 0 aromatic heterocycles. The molecule has 0 unspecified atom stereocenters. The quantitative estimate of drug-likeness (QED) is 0.673. The van der Waals surface area contributed by atoms with Crippen molar-refractivity contribution in [2.45, 2.75) is 6.92 Å². The van der Waals surface area contributed by atoms with Crippen LogP contribution in [-0.2, 0) is 4.79 Å². The SMILES string of the molecule is COc1ccccc1C=CC(=O)NNC(=O)c1ccc(C)cc1. The Balaban J connectivity index is 1.91. The van der Waals surface area contributed by atoms with Crippen LogP contribution in [0, 0.1) is 6.92 Å². The molecule has 0 atom stereocenters. The summed E-state index contributed by atoms with van der Waals surface area (Å²) < 4.78 is 5.19. The zero-order valence-electron chi connectivity index (χ0n) is 13.0. The van der Waals surface area contributed by atoms with E-state index in [4.69, 9.17) is 4.74 Å². The molecule has 2 amide bonds. The van der Waals surface area contributed by atoms with E-state index in [1.54, 1.807) is 31.4 Å². The number of hydrogen-bond donors (Lipinski definition) is 2. The van der Waals surface area contributed by atoms with Crippen LogP contribution >= 0.6 is 0 Å². The molecule has 2 aromatic rings. The highest BCUT2D eigenvalue weighted by Gasteiger charge is 2.05. The highest BCUT2D eigenvalue weighted by Crippen LogP contribution is 2.18. The van der Waals surface area contributed by atoms with E-state index in [0.717, 1.165) is 11.1 Å². The zero-order valence-corrected chi connectivity index (χ0v) is 13.0. The van der Waals surface area contributed by atoms with Crippen LogP contribution in [0.4, 0.5) is 0 Å². The van der Waals surface area contributed by atoms with Crippen LogP contribution in [0.5, 0.6) is 5.75 Å². The molecular weight excluding hydrogens is 292 g/mol. The predicted octanol–water partition coefficient (Wildman–Crippen LogP) is 2.48. The molecule has 0 aliphatic carbocycles. The molecule has 5 nitrogen and oxygen atoms in total. The Morgan fingerprint density at radius 1 is 1.00 bits per heavy atom. The van der Waals surface area contributed by atoms with Crippen molar-refractivity contribution in [3.63, 3.8) is 0 Å². The molecule has 0 heterocycles. The van der Waals surface area contributed by atoms with E-state index in [-0.39, 0.29) is 5.91 Å². The molecule has 2 aromatic carbocycles. The Hall–Kier alpha value is -3.08. The highest BCUT2D eigenvalue weighted by molar-refractivity contribution is 5.98. The maximum Gasteiger partial charge on any atom is 0.269 e. The third kappa shape index (κ3) is 4.71. The number of rotatable bonds is 4. The van der Waals surface area contributed by atoms with Crippen molar-refractivity contribution in [3.8, 4) is 5.75 Å². The number of hydrazine groups is 1. The van der Waals surface area contributed by atoms with E-state index in [1.165, 1.54) is 6.08 Å². The summed E-state index contributed by atoms with van der Waals surface area (Å²) >= 11 is 0. The fourth-order valence-corrected chi connectivity index (χ4v) is 1.91. The summed E-state index contributed by atoms with van der Waals surface area (Å²) in [5.74, 6) is -0.138. The van der Waals surface area contributed by atoms with Gasteiger partial charge in [-0.25, -0.2) is 0 Å². The fourth-order valence-electron chi connectivity index (χ4n) is 1.91. The molecule has 0 aliphatic rings. The molecule has 0 fully saturated rings. The van der Waals surface area contributed by atoms with Crippen LogP contribution in [0.25, 0.3) is 6.08 Å². The van der Waals surface area contributed by atoms with Gasteiger partial charge in [0.1, 0.15) is 5.75 Å². The second-order valence-corrected chi connectivity index (χ2v) is 4.88. The van der Waals surface area contributed by atoms with E-state index in [1.807, 2.05) is 37.3 Å². The van der Waals surface area contributed by atoms with E-state index in [9.17, 15) is 9.59 Å². The van der Waals surface area contributed by atoms with Crippen molar-refractivity contribution in [2.24, 2.45) is 0 Å². The third-order valence-corrected chi connectivity index (χ3v) is 3.17. The largest absolute Gasteiger partial charge is 0.496 e. The minimum absolute atomic E-state index is 0.371. The number of amides is 2. The summed E-state index contributed by atoms with van der Waals surface area (Å²) in [4.78, 5) is 23.6. The van der Waals surface area contributed by atoms with E-state index >= 15 is 0 Å². The summed E-state index contributed by atoms with van der Waals surface area (Å²) in [6.07, 6.45) is 2.94. The van der Waals surface area contributed by atoms with E-state index in [0.29, 0.717) is 11.3 Å². The Bertz CT molecular complexity index is 721. The van der Waals surface area contributed by atoms with Gasteiger partial charge in [-0.2, -0.15) is 0 Å². The topological polar surface area (TPSA) is 67.4 Å². The van der Waals surface area contributed by atoms with Crippen LogP contribution in [0.2, 0.25) is 0 Å². The lowest BCUT2D eigenvalue weighted by Crippen LogP contribution is -2.40. The molecule has 2 N–H and O–H groups in total. The summed E-state index contributed by atoms with van der Waals surface area (Å²) in [6, 6.07) is 14.4. The average molecular weight is 310 g/mol. The third-order valence-electron chi connectivity index (χ3n) is 3.17. The lowest BCUT2D eigenvalue weighted by Gasteiger charge is -2.06. The molecule has 0 saturated heterocycles. The van der Waals surface area contributed by atoms with Crippen LogP contribution in [0.15, 0.2) is 54.6 Å². The maximum atomic E-state index is 11.9. The Morgan fingerprint density at radius 2 is 1.70 bits per heavy atom. The van der Waals surface area contributed by atoms with Gasteiger partial charge in [-0.15, -0.1) is 0 Å². The van der Waals surface area contributed by atoms with Crippen LogP contribution in [0.1, 0.15) is 21.5 Å². The number of para-hydroxylation sites is 1. The van der Waals surface area contributed by atoms with Crippen molar-refractivity contribution in [1.82, 2.24) is 10.9 Å². The standard InChI is InChI=1S/C18H18N2O3/c1-13-7-9-15(10-8-13)18(22)20-19-17(21)12-11-14-5-3-4-6-16(14)23-2/h3-12H,1-2H3,(H,19,21)(H,20,22). The summed E-state index contributed by atoms with van der Waals surface area (Å²) in [6.45, 7) is 1.94. The summed E-state index contributed by atoms with van der Waals surface area (Å²) in [5, 5.41) is 0. The Labute approximate surface area is 134 Å². The Kier molecular flexibility index (Phi) is 5.52. The highest BCUT2D eigenvalue weighted by atomic mass is 16.5. The van der Waals surface area contributed by atoms with Crippen molar-refractivity contribution < 1.29 is 14.3 Å². The number of aryl methyl sites for hydroxylation is 1. The number of hydrogen-bond acceptors (Lipinski definition) is 3. The van der Waals surface area contributed by atoms with Gasteiger partial charge in [0.05, 0.1) is 7.11 Å². The predicted molar refractivity (Wildman–Crippen MR) is 88.8 cm³/mol. The van der Waals surface area contributed by atoms with Gasteiger partial charge in [-0.1, -0.05) is 35.9 Å². The van der Waals surface area contributed by atoms with Gasteiger partial charge in [0.15, 0.2) is 0 Å². The lowest BCUT2D eigenvalue weighted by molar-refractivity contribution is -0.117. The lowest BCUT2D eigenvalue weighted by atomic mass is 10.1. The Morgan fingerprint density at radius 3 is 2.39 bits per heavy atom. The molecule has 0 aliphatic heterocycles. The van der Waals surface area contributed by atoms with E-state index < -0.39 is 5.91 Å². The van der Waals surface area contributed by atoms with Gasteiger partial charge >= 0.3 is 0 Å². The summed E-state index contributed by atoms with van der Waals surface area (Å²) in [7, 11) is 1.56. The van der Waals surface area contributed by atoms with Gasteiger partial charge in [0.2, 0.25) is 0 Å². The molecule has 0 spiro atoms. The smallest absolute Gasteiger partial charge is 0.269 e. The van der Waals surface area contributed by atoms with Crippen LogP contribution in [-0.4, -0.2) is 18.9 Å². The normalized spacial score (nSPS) is 10.3. The molecule has 23 heavy (non-hydrogen) atoms. The minimum atomic E-state index is -0.434. The van der Waals surface area contributed by atoms with Gasteiger partial charge in [-0.05, 0) is 31.2 Å². The second-order valence-electron chi connectivity index (χ2n) is 4.88. The zero-order chi connectivity index (χ0) is 16.7. The average Bonchev–Trinajstić information content (AvgIpc) is 2.58. The second kappa shape index (κ2) is 7.79. The maximum absolute atomic E-state index is 11.9. The van der Waals surface area contributed by atoms with Gasteiger partial charge in [-0.3, -0.25) is 20.4 Å². The summed E-state index contributed by atoms with van der Waals surface area (Å²) in [5.41, 5.74) is 7.01. The monoisotopic (exact) mass is 310 g/mol. The van der Waals surface area contributed by atoms with Crippen LogP contribution in [0.3, 0.4) is 0 Å². The van der Waals surface area contributed by atoms with Crippen molar-refractivity contribution >= 4 is 17.9 Å². The molecule has 5 heteroatoms. The van der Waals surface area contributed by atoms with Gasteiger partial charge in [0.25, 0.3) is 11.8 Å². The number of ether oxygens (including phenoxy) is 1. The first-order chi connectivity index (χ1) is 11.1.